The smallest absolute Gasteiger partial charge is 0.236 e. The van der Waals surface area contributed by atoms with Crippen LogP contribution in [0.15, 0.2) is 54.6 Å². The second-order valence-electron chi connectivity index (χ2n) is 8.12. The van der Waals surface area contributed by atoms with Crippen LogP contribution in [0.1, 0.15) is 31.4 Å². The fraction of sp³-hybridized carbons (Fsp3) is 0.280. The molecule has 4 nitrogen and oxygen atoms in total. The predicted molar refractivity (Wildman–Crippen MR) is 129 cm³/mol. The molecule has 1 aliphatic rings. The van der Waals surface area contributed by atoms with Crippen molar-refractivity contribution in [1.29, 1.82) is 0 Å². The number of nitrogens with zero attached hydrogens (tertiary/aromatic N) is 4. The number of imidazole rings is 1. The molecule has 1 aliphatic heterocycles. The minimum absolute atomic E-state index is 0.708. The lowest BCUT2D eigenvalue weighted by Crippen LogP contribution is -2.26. The van der Waals surface area contributed by atoms with Crippen LogP contribution in [0.3, 0.4) is 0 Å². The molecule has 0 atom stereocenters. The van der Waals surface area contributed by atoms with Crippen molar-refractivity contribution in [3.63, 3.8) is 0 Å². The van der Waals surface area contributed by atoms with E-state index in [2.05, 4.69) is 27.5 Å². The molecular weight excluding hydrogens is 427 g/mol. The zero-order chi connectivity index (χ0) is 21.4. The summed E-state index contributed by atoms with van der Waals surface area (Å²) >= 11 is 12.4. The molecule has 2 aromatic heterocycles. The first kappa shape index (κ1) is 20.3. The highest BCUT2D eigenvalue weighted by atomic mass is 35.5. The Kier molecular flexibility index (Phi) is 5.59. The van der Waals surface area contributed by atoms with E-state index in [4.69, 9.17) is 33.2 Å². The van der Waals surface area contributed by atoms with E-state index in [1.54, 1.807) is 0 Å². The fourth-order valence-electron chi connectivity index (χ4n) is 4.36. The zero-order valence-corrected chi connectivity index (χ0v) is 19.0. The molecular formula is C25H24Cl2N4. The molecule has 31 heavy (non-hydrogen) atoms. The van der Waals surface area contributed by atoms with Crippen molar-refractivity contribution < 1.29 is 0 Å². The first-order valence-corrected chi connectivity index (χ1v) is 11.5. The van der Waals surface area contributed by atoms with E-state index >= 15 is 0 Å². The van der Waals surface area contributed by atoms with E-state index in [9.17, 15) is 0 Å². The second kappa shape index (κ2) is 8.52. The number of halogens is 2. The molecule has 0 radical (unpaired) electrons. The zero-order valence-electron chi connectivity index (χ0n) is 17.5. The SMILES string of the molecule is Cc1cc(N2CCCCCC2)n2c(-c3ccc(Cl)cc3)c(-c3ccc(Cl)cc3)nc2n1. The summed E-state index contributed by atoms with van der Waals surface area (Å²) in [6.45, 7) is 4.14. The Bertz CT molecular complexity index is 1210. The van der Waals surface area contributed by atoms with Crippen LogP contribution in [0.5, 0.6) is 0 Å². The van der Waals surface area contributed by atoms with E-state index in [0.29, 0.717) is 15.8 Å². The molecule has 3 heterocycles. The molecule has 158 valence electrons. The summed E-state index contributed by atoms with van der Waals surface area (Å²) < 4.78 is 2.21. The summed E-state index contributed by atoms with van der Waals surface area (Å²) in [6.07, 6.45) is 4.98. The Morgan fingerprint density at radius 1 is 0.742 bits per heavy atom. The maximum absolute atomic E-state index is 6.20. The Labute approximate surface area is 192 Å². The highest BCUT2D eigenvalue weighted by Gasteiger charge is 2.22. The third-order valence-electron chi connectivity index (χ3n) is 5.87. The first-order chi connectivity index (χ1) is 15.1. The number of benzene rings is 2. The van der Waals surface area contributed by atoms with E-state index in [-0.39, 0.29) is 0 Å². The molecule has 0 N–H and O–H groups in total. The lowest BCUT2D eigenvalue weighted by Gasteiger charge is -2.25. The third-order valence-corrected chi connectivity index (χ3v) is 6.37. The molecule has 0 spiro atoms. The largest absolute Gasteiger partial charge is 0.358 e. The van der Waals surface area contributed by atoms with Crippen molar-refractivity contribution in [2.45, 2.75) is 32.6 Å². The van der Waals surface area contributed by atoms with Crippen molar-refractivity contribution in [2.24, 2.45) is 0 Å². The Hall–Kier alpha value is -2.56. The molecule has 0 aliphatic carbocycles. The Balaban J connectivity index is 1.80. The highest BCUT2D eigenvalue weighted by molar-refractivity contribution is 6.31. The van der Waals surface area contributed by atoms with Crippen LogP contribution in [0.25, 0.3) is 28.3 Å². The number of aromatic nitrogens is 3. The van der Waals surface area contributed by atoms with Crippen molar-refractivity contribution in [2.75, 3.05) is 18.0 Å². The number of hydrogen-bond acceptors (Lipinski definition) is 3. The van der Waals surface area contributed by atoms with Gasteiger partial charge in [0.05, 0.1) is 11.4 Å². The molecule has 0 amide bonds. The second-order valence-corrected chi connectivity index (χ2v) is 8.99. The van der Waals surface area contributed by atoms with Crippen LogP contribution >= 0.6 is 23.2 Å². The number of aryl methyl sites for hydroxylation is 1. The molecule has 6 heteroatoms. The van der Waals surface area contributed by atoms with E-state index in [1.165, 1.54) is 25.7 Å². The van der Waals surface area contributed by atoms with Crippen LogP contribution in [0.2, 0.25) is 10.0 Å². The highest BCUT2D eigenvalue weighted by Crippen LogP contribution is 2.36. The lowest BCUT2D eigenvalue weighted by atomic mass is 10.0. The molecule has 0 unspecified atom stereocenters. The molecule has 5 rings (SSSR count). The number of rotatable bonds is 3. The molecule has 1 fully saturated rings. The van der Waals surface area contributed by atoms with Gasteiger partial charge in [-0.15, -0.1) is 0 Å². The average Bonchev–Trinajstić information content (AvgIpc) is 2.94. The first-order valence-electron chi connectivity index (χ1n) is 10.8. The van der Waals surface area contributed by atoms with Crippen molar-refractivity contribution >= 4 is 34.8 Å². The van der Waals surface area contributed by atoms with Crippen LogP contribution in [-0.4, -0.2) is 27.5 Å². The van der Waals surface area contributed by atoms with Gasteiger partial charge < -0.3 is 4.90 Å². The molecule has 4 aromatic rings. The maximum Gasteiger partial charge on any atom is 0.236 e. The Morgan fingerprint density at radius 3 is 1.94 bits per heavy atom. The van der Waals surface area contributed by atoms with E-state index in [0.717, 1.165) is 47.1 Å². The topological polar surface area (TPSA) is 33.4 Å². The van der Waals surface area contributed by atoms with Crippen molar-refractivity contribution in [3.8, 4) is 22.5 Å². The normalized spacial score (nSPS) is 14.7. The number of hydrogen-bond donors (Lipinski definition) is 0. The van der Waals surface area contributed by atoms with Gasteiger partial charge in [-0.1, -0.05) is 60.3 Å². The number of fused-ring (bicyclic) bond motifs is 1. The minimum Gasteiger partial charge on any atom is -0.358 e. The average molecular weight is 451 g/mol. The minimum atomic E-state index is 0.708. The summed E-state index contributed by atoms with van der Waals surface area (Å²) in [4.78, 5) is 12.3. The Morgan fingerprint density at radius 2 is 1.32 bits per heavy atom. The standard InChI is InChI=1S/C25H24Cl2N4/c1-17-16-22(30-14-4-2-3-5-15-30)31-24(19-8-12-21(27)13-9-19)23(29-25(31)28-17)18-6-10-20(26)11-7-18/h6-13,16H,2-5,14-15H2,1H3. The van der Waals surface area contributed by atoms with Crippen LogP contribution < -0.4 is 4.90 Å². The van der Waals surface area contributed by atoms with Crippen molar-refractivity contribution in [3.05, 3.63) is 70.3 Å². The maximum atomic E-state index is 6.20. The fourth-order valence-corrected chi connectivity index (χ4v) is 4.61. The third kappa shape index (κ3) is 4.02. The van der Waals surface area contributed by atoms with Gasteiger partial charge in [0.15, 0.2) is 0 Å². The summed E-state index contributed by atoms with van der Waals surface area (Å²) in [5.74, 6) is 1.87. The van der Waals surface area contributed by atoms with Gasteiger partial charge in [0.25, 0.3) is 0 Å². The summed E-state index contributed by atoms with van der Waals surface area (Å²) in [7, 11) is 0. The van der Waals surface area contributed by atoms with E-state index < -0.39 is 0 Å². The predicted octanol–water partition coefficient (Wildman–Crippen LogP) is 7.06. The van der Waals surface area contributed by atoms with Crippen LogP contribution in [0, 0.1) is 6.92 Å². The monoisotopic (exact) mass is 450 g/mol. The van der Waals surface area contributed by atoms with Gasteiger partial charge in [-0.05, 0) is 44.0 Å². The van der Waals surface area contributed by atoms with Gasteiger partial charge in [-0.3, -0.25) is 4.40 Å². The summed E-state index contributed by atoms with van der Waals surface area (Å²) in [5, 5.41) is 1.42. The van der Waals surface area contributed by atoms with Gasteiger partial charge in [-0.25, -0.2) is 9.97 Å². The van der Waals surface area contributed by atoms with Gasteiger partial charge >= 0.3 is 0 Å². The van der Waals surface area contributed by atoms with Crippen LogP contribution in [0.4, 0.5) is 5.82 Å². The molecule has 1 saturated heterocycles. The van der Waals surface area contributed by atoms with Crippen LogP contribution in [-0.2, 0) is 0 Å². The van der Waals surface area contributed by atoms with E-state index in [1.807, 2.05) is 43.3 Å². The quantitative estimate of drug-likeness (QED) is 0.334. The van der Waals surface area contributed by atoms with Crippen molar-refractivity contribution in [1.82, 2.24) is 14.4 Å². The summed E-state index contributed by atoms with van der Waals surface area (Å²) in [5.41, 5.74) is 4.97. The molecule has 0 bridgehead atoms. The van der Waals surface area contributed by atoms with Gasteiger partial charge in [-0.2, -0.15) is 0 Å². The summed E-state index contributed by atoms with van der Waals surface area (Å²) in [6, 6.07) is 18.0. The van der Waals surface area contributed by atoms with Gasteiger partial charge in [0.2, 0.25) is 5.78 Å². The lowest BCUT2D eigenvalue weighted by molar-refractivity contribution is 0.726. The van der Waals surface area contributed by atoms with Gasteiger partial charge in [0.1, 0.15) is 5.82 Å². The van der Waals surface area contributed by atoms with Gasteiger partial charge in [0, 0.05) is 46.0 Å². The number of anilines is 1. The molecule has 2 aromatic carbocycles. The molecule has 0 saturated carbocycles.